The van der Waals surface area contributed by atoms with Gasteiger partial charge in [0, 0.05) is 16.8 Å². The van der Waals surface area contributed by atoms with Gasteiger partial charge in [0.2, 0.25) is 11.0 Å². The summed E-state index contributed by atoms with van der Waals surface area (Å²) in [7, 11) is 0. The molecule has 1 aliphatic heterocycles. The monoisotopic (exact) mass is 395 g/mol. The topological polar surface area (TPSA) is 109 Å². The van der Waals surface area contributed by atoms with Crippen LogP contribution in [-0.2, 0) is 4.79 Å². The van der Waals surface area contributed by atoms with E-state index in [2.05, 4.69) is 20.5 Å². The fourth-order valence-corrected chi connectivity index (χ4v) is 3.06. The van der Waals surface area contributed by atoms with Gasteiger partial charge in [0.1, 0.15) is 12.4 Å². The van der Waals surface area contributed by atoms with E-state index in [0.29, 0.717) is 22.5 Å². The van der Waals surface area contributed by atoms with Crippen LogP contribution in [0.1, 0.15) is 11.8 Å². The Morgan fingerprint density at radius 1 is 1.21 bits per heavy atom. The molecule has 9 heteroatoms. The van der Waals surface area contributed by atoms with Crippen molar-refractivity contribution in [2.24, 2.45) is 0 Å². The number of para-hydroxylation sites is 1. The van der Waals surface area contributed by atoms with E-state index >= 15 is 0 Å². The van der Waals surface area contributed by atoms with Crippen molar-refractivity contribution >= 4 is 23.4 Å². The number of aliphatic carboxylic acids is 1. The molecule has 8 nitrogen and oxygen atoms in total. The quantitative estimate of drug-likeness (QED) is 0.648. The number of aromatic nitrogens is 3. The molecule has 1 aromatic heterocycles. The Kier molecular flexibility index (Phi) is 4.98. The number of nitrogens with zero attached hydrogens (tertiary/aromatic N) is 3. The lowest BCUT2D eigenvalue weighted by Crippen LogP contribution is -2.28. The van der Waals surface area contributed by atoms with Gasteiger partial charge >= 0.3 is 0 Å². The molecule has 2 heterocycles. The number of benzene rings is 2. The summed E-state index contributed by atoms with van der Waals surface area (Å²) >= 11 is 1.38. The Morgan fingerprint density at radius 2 is 2.00 bits per heavy atom. The Balaban J connectivity index is 1.68. The Morgan fingerprint density at radius 3 is 2.75 bits per heavy atom. The second-order valence-electron chi connectivity index (χ2n) is 5.87. The van der Waals surface area contributed by atoms with E-state index in [0.717, 1.165) is 16.8 Å². The highest BCUT2D eigenvalue weighted by molar-refractivity contribution is 7.98. The second-order valence-corrected chi connectivity index (χ2v) is 6.64. The van der Waals surface area contributed by atoms with Crippen molar-refractivity contribution in [3.63, 3.8) is 0 Å². The lowest BCUT2D eigenvalue weighted by Gasteiger charge is -2.19. The molecule has 0 spiro atoms. The summed E-state index contributed by atoms with van der Waals surface area (Å²) in [6, 6.07) is 14.6. The molecule has 3 aromatic rings. The molecule has 2 aromatic carbocycles. The lowest BCUT2D eigenvalue weighted by atomic mass is 10.1. The van der Waals surface area contributed by atoms with Crippen molar-refractivity contribution in [2.45, 2.75) is 11.4 Å². The maximum absolute atomic E-state index is 10.5. The highest BCUT2D eigenvalue weighted by Crippen LogP contribution is 2.39. The van der Waals surface area contributed by atoms with Gasteiger partial charge in [-0.2, -0.15) is 4.98 Å². The number of hydrogen-bond donors (Lipinski definition) is 1. The highest BCUT2D eigenvalue weighted by Gasteiger charge is 2.25. The first-order chi connectivity index (χ1) is 13.6. The van der Waals surface area contributed by atoms with Crippen LogP contribution in [0.3, 0.4) is 0 Å². The number of carboxylic acids is 1. The van der Waals surface area contributed by atoms with Crippen LogP contribution in [0.25, 0.3) is 11.3 Å². The van der Waals surface area contributed by atoms with E-state index < -0.39 is 18.8 Å². The Bertz CT molecular complexity index is 1010. The normalized spacial score (nSPS) is 14.7. The third-order valence-electron chi connectivity index (χ3n) is 4.06. The summed E-state index contributed by atoms with van der Waals surface area (Å²) < 4.78 is 11.2. The molecule has 0 saturated carbocycles. The average Bonchev–Trinajstić information content (AvgIpc) is 2.89. The molecule has 0 saturated heterocycles. The van der Waals surface area contributed by atoms with Crippen LogP contribution in [0.2, 0.25) is 0 Å². The van der Waals surface area contributed by atoms with Crippen LogP contribution in [0.5, 0.6) is 11.6 Å². The van der Waals surface area contributed by atoms with E-state index in [9.17, 15) is 9.90 Å². The van der Waals surface area contributed by atoms with Crippen LogP contribution in [0.4, 0.5) is 5.69 Å². The summed E-state index contributed by atoms with van der Waals surface area (Å²) in [5, 5.41) is 22.8. The number of nitrogens with one attached hydrogen (secondary N) is 1. The maximum Gasteiger partial charge on any atom is 0.247 e. The molecule has 4 rings (SSSR count). The number of carbonyl (C=O) groups excluding carboxylic acids is 1. The van der Waals surface area contributed by atoms with Gasteiger partial charge < -0.3 is 24.7 Å². The first kappa shape index (κ1) is 18.1. The van der Waals surface area contributed by atoms with E-state index in [1.54, 1.807) is 24.3 Å². The molecule has 0 fully saturated rings. The summed E-state index contributed by atoms with van der Waals surface area (Å²) in [5.74, 6) is -0.460. The Hall–Kier alpha value is -3.33. The highest BCUT2D eigenvalue weighted by atomic mass is 32.2. The van der Waals surface area contributed by atoms with Gasteiger partial charge in [-0.3, -0.25) is 0 Å². The summed E-state index contributed by atoms with van der Waals surface area (Å²) in [4.78, 5) is 15.0. The lowest BCUT2D eigenvalue weighted by molar-refractivity contribution is -0.307. The van der Waals surface area contributed by atoms with Crippen molar-refractivity contribution < 1.29 is 19.4 Å². The van der Waals surface area contributed by atoms with Gasteiger partial charge in [-0.1, -0.05) is 30.0 Å². The van der Waals surface area contributed by atoms with Crippen LogP contribution in [0, 0.1) is 0 Å². The second kappa shape index (κ2) is 7.73. The summed E-state index contributed by atoms with van der Waals surface area (Å²) in [6.45, 7) is -0.502. The number of carboxylic acid groups (broad SMARTS) is 1. The minimum Gasteiger partial charge on any atom is -0.546 e. The predicted octanol–water partition coefficient (Wildman–Crippen LogP) is 1.89. The van der Waals surface area contributed by atoms with Crippen molar-refractivity contribution in [1.29, 1.82) is 0 Å². The third-order valence-corrected chi connectivity index (χ3v) is 4.59. The fraction of sp³-hybridized carbons (Fsp3) is 0.158. The first-order valence-electron chi connectivity index (χ1n) is 8.38. The molecule has 0 aliphatic carbocycles. The SMILES string of the molecule is CSc1nnc2c(n1)O[C@@H](c1ccc(OCC(=O)[O-])cc1)Nc1ccccc1-2. The molecule has 1 atom stereocenters. The van der Waals surface area contributed by atoms with E-state index in [4.69, 9.17) is 9.47 Å². The maximum atomic E-state index is 10.5. The molecule has 28 heavy (non-hydrogen) atoms. The van der Waals surface area contributed by atoms with E-state index in [1.807, 2.05) is 30.5 Å². The van der Waals surface area contributed by atoms with Gasteiger partial charge in [-0.25, -0.2) is 0 Å². The van der Waals surface area contributed by atoms with Crippen LogP contribution in [-0.4, -0.2) is 34.0 Å². The van der Waals surface area contributed by atoms with Crippen LogP contribution >= 0.6 is 11.8 Å². The molecular formula is C19H15N4O4S-. The molecule has 0 amide bonds. The largest absolute Gasteiger partial charge is 0.546 e. The number of carbonyl (C=O) groups is 1. The number of fused-ring (bicyclic) bond motifs is 3. The smallest absolute Gasteiger partial charge is 0.247 e. The van der Waals surface area contributed by atoms with Crippen molar-refractivity contribution in [2.75, 3.05) is 18.2 Å². The average molecular weight is 395 g/mol. The molecule has 1 aliphatic rings. The number of thioether (sulfide) groups is 1. The van der Waals surface area contributed by atoms with Gasteiger partial charge in [-0.15, -0.1) is 10.2 Å². The molecule has 0 radical (unpaired) electrons. The van der Waals surface area contributed by atoms with Gasteiger partial charge in [-0.05, 0) is 36.6 Å². The molecule has 1 N–H and O–H groups in total. The first-order valence-corrected chi connectivity index (χ1v) is 9.60. The minimum atomic E-state index is -1.28. The van der Waals surface area contributed by atoms with E-state index in [1.165, 1.54) is 11.8 Å². The van der Waals surface area contributed by atoms with Crippen LogP contribution < -0.4 is 19.9 Å². The van der Waals surface area contributed by atoms with Crippen molar-refractivity contribution in [3.8, 4) is 22.9 Å². The molecule has 0 unspecified atom stereocenters. The fourth-order valence-electron chi connectivity index (χ4n) is 2.77. The molecule has 142 valence electrons. The summed E-state index contributed by atoms with van der Waals surface area (Å²) in [6.07, 6.45) is 1.35. The standard InChI is InChI=1S/C19H16N4O4S/c1-28-19-21-18-16(22-23-19)13-4-2-3-5-14(13)20-17(27-18)11-6-8-12(9-7-11)26-10-15(24)25/h2-9,17,20H,10H2,1H3,(H,24,25)/p-1/t17-/m0/s1. The predicted molar refractivity (Wildman–Crippen MR) is 101 cm³/mol. The summed E-state index contributed by atoms with van der Waals surface area (Å²) in [5.41, 5.74) is 3.07. The van der Waals surface area contributed by atoms with Gasteiger partial charge in [0.15, 0.2) is 11.9 Å². The van der Waals surface area contributed by atoms with Crippen LogP contribution in [0.15, 0.2) is 53.7 Å². The van der Waals surface area contributed by atoms with Gasteiger partial charge in [0.25, 0.3) is 0 Å². The number of rotatable bonds is 5. The minimum absolute atomic E-state index is 0.388. The number of hydrogen-bond acceptors (Lipinski definition) is 9. The van der Waals surface area contributed by atoms with Gasteiger partial charge in [0.05, 0.1) is 5.97 Å². The molecule has 0 bridgehead atoms. The zero-order valence-corrected chi connectivity index (χ0v) is 15.6. The Labute approximate surface area is 164 Å². The zero-order chi connectivity index (χ0) is 19.5. The zero-order valence-electron chi connectivity index (χ0n) is 14.8. The third kappa shape index (κ3) is 3.70. The molecular weight excluding hydrogens is 380 g/mol. The number of anilines is 1. The van der Waals surface area contributed by atoms with Crippen molar-refractivity contribution in [1.82, 2.24) is 15.2 Å². The van der Waals surface area contributed by atoms with Crippen molar-refractivity contribution in [3.05, 3.63) is 54.1 Å². The number of ether oxygens (including phenoxy) is 2. The van der Waals surface area contributed by atoms with E-state index in [-0.39, 0.29) is 0 Å².